The highest BCUT2D eigenvalue weighted by atomic mass is 127. The molecule has 0 saturated heterocycles. The number of hydrogen-bond donors (Lipinski definition) is 3. The molecule has 7 heteroatoms. The van der Waals surface area contributed by atoms with Crippen molar-refractivity contribution in [2.45, 2.75) is 0 Å². The van der Waals surface area contributed by atoms with E-state index in [-0.39, 0.29) is 5.69 Å². The molecule has 1 aromatic heterocycles. The highest BCUT2D eigenvalue weighted by Crippen LogP contribution is 2.27. The summed E-state index contributed by atoms with van der Waals surface area (Å²) in [5.74, 6) is -0.797. The maximum Gasteiger partial charge on any atom is 0.354 e. The molecule has 0 unspecified atom stereocenters. The van der Waals surface area contributed by atoms with Crippen molar-refractivity contribution in [3.8, 4) is 0 Å². The number of hydrogen-bond acceptors (Lipinski definition) is 4. The van der Waals surface area contributed by atoms with Gasteiger partial charge >= 0.3 is 5.97 Å². The average molecular weight is 390 g/mol. The third-order valence-electron chi connectivity index (χ3n) is 2.33. The normalized spacial score (nSPS) is 10.2. The lowest BCUT2D eigenvalue weighted by Gasteiger charge is -2.10. The van der Waals surface area contributed by atoms with Gasteiger partial charge in [-0.05, 0) is 52.9 Å². The molecule has 0 spiro atoms. The fourth-order valence-electron chi connectivity index (χ4n) is 1.41. The van der Waals surface area contributed by atoms with E-state index in [1.165, 1.54) is 12.1 Å². The molecule has 1 aromatic carbocycles. The van der Waals surface area contributed by atoms with Crippen molar-refractivity contribution in [2.24, 2.45) is 0 Å². The molecule has 0 atom stereocenters. The second-order valence-corrected chi connectivity index (χ2v) is 5.29. The molecule has 0 bridgehead atoms. The minimum absolute atomic E-state index is 0.0688. The van der Waals surface area contributed by atoms with Crippen molar-refractivity contribution in [3.63, 3.8) is 0 Å². The number of rotatable bonds is 3. The Kier molecular flexibility index (Phi) is 4.11. The second-order valence-electron chi connectivity index (χ2n) is 3.69. The molecule has 0 aliphatic carbocycles. The zero-order chi connectivity index (χ0) is 14.0. The summed E-state index contributed by atoms with van der Waals surface area (Å²) < 4.78 is 0.882. The van der Waals surface area contributed by atoms with Crippen LogP contribution in [-0.4, -0.2) is 16.1 Å². The van der Waals surface area contributed by atoms with Gasteiger partial charge in [0.25, 0.3) is 0 Å². The molecule has 0 aliphatic rings. The van der Waals surface area contributed by atoms with Crippen LogP contribution in [0.1, 0.15) is 10.5 Å². The number of nitrogens with two attached hydrogens (primary N) is 1. The lowest BCUT2D eigenvalue weighted by atomic mass is 10.3. The molecule has 0 aliphatic heterocycles. The van der Waals surface area contributed by atoms with Crippen molar-refractivity contribution in [2.75, 3.05) is 11.1 Å². The predicted octanol–water partition coefficient (Wildman–Crippen LogP) is 3.36. The smallest absolute Gasteiger partial charge is 0.354 e. The molecule has 98 valence electrons. The van der Waals surface area contributed by atoms with Crippen molar-refractivity contribution in [1.82, 2.24) is 4.98 Å². The highest BCUT2D eigenvalue weighted by Gasteiger charge is 2.10. The Morgan fingerprint density at radius 3 is 2.74 bits per heavy atom. The lowest BCUT2D eigenvalue weighted by molar-refractivity contribution is 0.0690. The maximum atomic E-state index is 10.9. The Morgan fingerprint density at radius 2 is 2.11 bits per heavy atom. The number of anilines is 3. The van der Waals surface area contributed by atoms with E-state index in [0.29, 0.717) is 16.5 Å². The van der Waals surface area contributed by atoms with Crippen LogP contribution in [0.25, 0.3) is 0 Å². The van der Waals surface area contributed by atoms with E-state index in [1.807, 2.05) is 0 Å². The number of benzene rings is 1. The summed E-state index contributed by atoms with van der Waals surface area (Å²) in [5.41, 5.74) is 6.83. The summed E-state index contributed by atoms with van der Waals surface area (Å²) in [4.78, 5) is 14.8. The summed E-state index contributed by atoms with van der Waals surface area (Å²) in [6.07, 6.45) is 0. The van der Waals surface area contributed by atoms with E-state index >= 15 is 0 Å². The summed E-state index contributed by atoms with van der Waals surface area (Å²) in [5, 5.41) is 12.5. The zero-order valence-electron chi connectivity index (χ0n) is 9.52. The van der Waals surface area contributed by atoms with Gasteiger partial charge in [-0.3, -0.25) is 0 Å². The number of nitrogens with zero attached hydrogens (tertiary/aromatic N) is 1. The van der Waals surface area contributed by atoms with Gasteiger partial charge in [0.05, 0.1) is 11.4 Å². The van der Waals surface area contributed by atoms with E-state index in [4.69, 9.17) is 22.4 Å². The quantitative estimate of drug-likeness (QED) is 0.701. The van der Waals surface area contributed by atoms with Crippen LogP contribution in [0, 0.1) is 3.57 Å². The summed E-state index contributed by atoms with van der Waals surface area (Å²) in [6, 6.07) is 8.14. The van der Waals surface area contributed by atoms with E-state index in [1.54, 1.807) is 18.2 Å². The van der Waals surface area contributed by atoms with Gasteiger partial charge in [0.1, 0.15) is 0 Å². The Morgan fingerprint density at radius 1 is 1.37 bits per heavy atom. The fraction of sp³-hybridized carbons (Fsp3) is 0. The molecule has 1 heterocycles. The van der Waals surface area contributed by atoms with Gasteiger partial charge < -0.3 is 16.2 Å². The van der Waals surface area contributed by atoms with Gasteiger partial charge in [0.2, 0.25) is 0 Å². The molecule has 2 aromatic rings. The molecule has 19 heavy (non-hydrogen) atoms. The Hall–Kier alpha value is -1.54. The van der Waals surface area contributed by atoms with E-state index in [0.717, 1.165) is 9.26 Å². The molecule has 0 fully saturated rings. The Balaban J connectivity index is 2.37. The van der Waals surface area contributed by atoms with Crippen LogP contribution in [0.3, 0.4) is 0 Å². The van der Waals surface area contributed by atoms with Crippen molar-refractivity contribution < 1.29 is 9.90 Å². The molecule has 5 nitrogen and oxygen atoms in total. The molecule has 0 radical (unpaired) electrons. The van der Waals surface area contributed by atoms with Gasteiger partial charge in [0.15, 0.2) is 11.5 Å². The third-order valence-corrected chi connectivity index (χ3v) is 3.46. The summed E-state index contributed by atoms with van der Waals surface area (Å²) >= 11 is 7.98. The first kappa shape index (κ1) is 13.9. The third kappa shape index (κ3) is 3.27. The van der Waals surface area contributed by atoms with E-state index in [2.05, 4.69) is 32.9 Å². The van der Waals surface area contributed by atoms with Gasteiger partial charge in [-0.1, -0.05) is 11.6 Å². The van der Waals surface area contributed by atoms with E-state index in [9.17, 15) is 4.79 Å². The van der Waals surface area contributed by atoms with Crippen LogP contribution in [-0.2, 0) is 0 Å². The number of aromatic nitrogens is 1. The largest absolute Gasteiger partial charge is 0.477 e. The zero-order valence-corrected chi connectivity index (χ0v) is 12.4. The molecular formula is C12H9ClIN3O2. The maximum absolute atomic E-state index is 10.9. The second kappa shape index (κ2) is 5.62. The number of pyridine rings is 1. The number of carbonyl (C=O) groups is 1. The van der Waals surface area contributed by atoms with Crippen LogP contribution >= 0.6 is 34.2 Å². The Bertz CT molecular complexity index is 649. The van der Waals surface area contributed by atoms with Crippen LogP contribution in [0.15, 0.2) is 30.3 Å². The van der Waals surface area contributed by atoms with Crippen LogP contribution in [0.4, 0.5) is 17.2 Å². The molecule has 0 saturated carbocycles. The van der Waals surface area contributed by atoms with Gasteiger partial charge in [-0.25, -0.2) is 9.78 Å². The predicted molar refractivity (Wildman–Crippen MR) is 83.1 cm³/mol. The first-order chi connectivity index (χ1) is 8.97. The Labute approximate surface area is 127 Å². The van der Waals surface area contributed by atoms with E-state index < -0.39 is 5.97 Å². The number of carboxylic acid groups (broad SMARTS) is 1. The molecule has 2 rings (SSSR count). The summed E-state index contributed by atoms with van der Waals surface area (Å²) in [6.45, 7) is 0. The van der Waals surface area contributed by atoms with Crippen LogP contribution in [0.2, 0.25) is 5.02 Å². The number of aromatic carboxylic acids is 1. The van der Waals surface area contributed by atoms with Crippen molar-refractivity contribution >= 4 is 57.4 Å². The highest BCUT2D eigenvalue weighted by molar-refractivity contribution is 14.1. The first-order valence-corrected chi connectivity index (χ1v) is 6.65. The molecule has 0 amide bonds. The van der Waals surface area contributed by atoms with Crippen molar-refractivity contribution in [1.29, 1.82) is 0 Å². The average Bonchev–Trinajstić information content (AvgIpc) is 2.34. The minimum Gasteiger partial charge on any atom is -0.477 e. The lowest BCUT2D eigenvalue weighted by Crippen LogP contribution is -2.06. The molecular weight excluding hydrogens is 381 g/mol. The number of carboxylic acids is 1. The van der Waals surface area contributed by atoms with Crippen molar-refractivity contribution in [3.05, 3.63) is 44.6 Å². The SMILES string of the molecule is Nc1ccc(C(=O)O)nc1Nc1ccc(Cl)cc1I. The number of nitrogens with one attached hydrogen (secondary N) is 1. The minimum atomic E-state index is -1.10. The number of nitrogen functional groups attached to an aromatic ring is 1. The number of halogens is 2. The molecule has 4 N–H and O–H groups in total. The topological polar surface area (TPSA) is 88.2 Å². The van der Waals surface area contributed by atoms with Gasteiger partial charge in [-0.15, -0.1) is 0 Å². The summed E-state index contributed by atoms with van der Waals surface area (Å²) in [7, 11) is 0. The standard InChI is InChI=1S/C12H9ClIN3O2/c13-6-1-3-9(7(14)5-6)16-11-8(15)2-4-10(17-11)12(18)19/h1-5H,15H2,(H,16,17)(H,18,19). The fourth-order valence-corrected chi connectivity index (χ4v) is 2.41. The first-order valence-electron chi connectivity index (χ1n) is 5.19. The van der Waals surface area contributed by atoms with Gasteiger partial charge in [0, 0.05) is 8.59 Å². The van der Waals surface area contributed by atoms with Crippen LogP contribution < -0.4 is 11.1 Å². The van der Waals surface area contributed by atoms with Gasteiger partial charge in [-0.2, -0.15) is 0 Å². The monoisotopic (exact) mass is 389 g/mol. The van der Waals surface area contributed by atoms with Crippen LogP contribution in [0.5, 0.6) is 0 Å².